The van der Waals surface area contributed by atoms with Crippen LogP contribution in [0.25, 0.3) is 0 Å². The standard InChI is InChI=1S/C19H24FN3O4/c1-12(2)10-16(19(26)27-3)21-18(25)15-8-9-17(24)23(22-15)11-13-4-6-14(20)7-5-13/h4-7,12,16H,8-11H2,1-3H3,(H,21,25). The molecule has 1 unspecified atom stereocenters. The monoisotopic (exact) mass is 377 g/mol. The molecule has 2 amide bonds. The summed E-state index contributed by atoms with van der Waals surface area (Å²) >= 11 is 0. The largest absolute Gasteiger partial charge is 0.467 e. The van der Waals surface area contributed by atoms with E-state index < -0.39 is 17.9 Å². The predicted octanol–water partition coefficient (Wildman–Crippen LogP) is 2.01. The molecule has 0 fully saturated rings. The molecule has 0 bridgehead atoms. The van der Waals surface area contributed by atoms with Crippen LogP contribution in [0.5, 0.6) is 0 Å². The summed E-state index contributed by atoms with van der Waals surface area (Å²) in [5, 5.41) is 7.98. The first-order valence-corrected chi connectivity index (χ1v) is 8.81. The molecule has 1 heterocycles. The molecular formula is C19H24FN3O4. The van der Waals surface area contributed by atoms with Crippen molar-refractivity contribution >= 4 is 23.5 Å². The molecule has 1 aliphatic heterocycles. The van der Waals surface area contributed by atoms with Crippen LogP contribution >= 0.6 is 0 Å². The fourth-order valence-electron chi connectivity index (χ4n) is 2.72. The zero-order valence-electron chi connectivity index (χ0n) is 15.7. The second-order valence-electron chi connectivity index (χ2n) is 6.80. The van der Waals surface area contributed by atoms with E-state index in [1.54, 1.807) is 12.1 Å². The molecule has 0 saturated carbocycles. The SMILES string of the molecule is COC(=O)C(CC(C)C)NC(=O)C1=NN(Cc2ccc(F)cc2)C(=O)CC1. The number of benzene rings is 1. The average molecular weight is 377 g/mol. The van der Waals surface area contributed by atoms with Gasteiger partial charge in [-0.2, -0.15) is 5.10 Å². The van der Waals surface area contributed by atoms with E-state index in [1.807, 2.05) is 13.8 Å². The molecule has 27 heavy (non-hydrogen) atoms. The van der Waals surface area contributed by atoms with Gasteiger partial charge < -0.3 is 10.1 Å². The minimum absolute atomic E-state index is 0.139. The van der Waals surface area contributed by atoms with Crippen LogP contribution in [0, 0.1) is 11.7 Å². The first-order chi connectivity index (χ1) is 12.8. The summed E-state index contributed by atoms with van der Waals surface area (Å²) in [6.45, 7) is 4.01. The maximum Gasteiger partial charge on any atom is 0.328 e. The summed E-state index contributed by atoms with van der Waals surface area (Å²) in [6.07, 6.45) is 0.768. The topological polar surface area (TPSA) is 88.1 Å². The molecule has 146 valence electrons. The maximum absolute atomic E-state index is 13.0. The summed E-state index contributed by atoms with van der Waals surface area (Å²) in [5.41, 5.74) is 0.872. The Bertz CT molecular complexity index is 731. The van der Waals surface area contributed by atoms with Crippen LogP contribution in [0.15, 0.2) is 29.4 Å². The van der Waals surface area contributed by atoms with Gasteiger partial charge in [-0.25, -0.2) is 14.2 Å². The highest BCUT2D eigenvalue weighted by molar-refractivity contribution is 6.39. The molecule has 1 atom stereocenters. The molecule has 7 nitrogen and oxygen atoms in total. The van der Waals surface area contributed by atoms with E-state index in [9.17, 15) is 18.8 Å². The van der Waals surface area contributed by atoms with Gasteiger partial charge in [0.2, 0.25) is 5.91 Å². The number of rotatable bonds is 7. The number of halogens is 1. The van der Waals surface area contributed by atoms with Crippen molar-refractivity contribution in [3.63, 3.8) is 0 Å². The van der Waals surface area contributed by atoms with Gasteiger partial charge in [0.05, 0.1) is 13.7 Å². The first kappa shape index (κ1) is 20.5. The van der Waals surface area contributed by atoms with Crippen molar-refractivity contribution in [1.29, 1.82) is 0 Å². The molecule has 0 saturated heterocycles. The van der Waals surface area contributed by atoms with E-state index in [0.717, 1.165) is 0 Å². The molecule has 0 aliphatic carbocycles. The van der Waals surface area contributed by atoms with Gasteiger partial charge in [0, 0.05) is 12.8 Å². The number of methoxy groups -OCH3 is 1. The molecule has 1 aromatic carbocycles. The minimum atomic E-state index is -0.770. The number of ether oxygens (including phenoxy) is 1. The smallest absolute Gasteiger partial charge is 0.328 e. The number of esters is 1. The lowest BCUT2D eigenvalue weighted by molar-refractivity contribution is -0.145. The van der Waals surface area contributed by atoms with E-state index in [4.69, 9.17) is 4.74 Å². The minimum Gasteiger partial charge on any atom is -0.467 e. The van der Waals surface area contributed by atoms with Crippen LogP contribution < -0.4 is 5.32 Å². The van der Waals surface area contributed by atoms with Gasteiger partial charge in [-0.05, 0) is 30.0 Å². The van der Waals surface area contributed by atoms with Crippen LogP contribution in [0.4, 0.5) is 4.39 Å². The van der Waals surface area contributed by atoms with Crippen molar-refractivity contribution in [2.24, 2.45) is 11.0 Å². The summed E-state index contributed by atoms with van der Waals surface area (Å²) in [6, 6.07) is 4.94. The van der Waals surface area contributed by atoms with E-state index in [0.29, 0.717) is 12.0 Å². The van der Waals surface area contributed by atoms with Crippen LogP contribution in [0.2, 0.25) is 0 Å². The number of hydrazone groups is 1. The van der Waals surface area contributed by atoms with Crippen LogP contribution in [0.1, 0.15) is 38.7 Å². The van der Waals surface area contributed by atoms with Crippen molar-refractivity contribution < 1.29 is 23.5 Å². The number of carbonyl (C=O) groups is 3. The Morgan fingerprint density at radius 3 is 2.52 bits per heavy atom. The Kier molecular flexibility index (Phi) is 7.04. The molecule has 1 aliphatic rings. The molecule has 1 aromatic rings. The van der Waals surface area contributed by atoms with Gasteiger partial charge >= 0.3 is 5.97 Å². The summed E-state index contributed by atoms with van der Waals surface area (Å²) in [5.74, 6) is -1.43. The fourth-order valence-corrected chi connectivity index (χ4v) is 2.72. The molecule has 1 N–H and O–H groups in total. The van der Waals surface area contributed by atoms with Gasteiger partial charge in [-0.1, -0.05) is 26.0 Å². The predicted molar refractivity (Wildman–Crippen MR) is 97.0 cm³/mol. The number of carbonyl (C=O) groups excluding carboxylic acids is 3. The Morgan fingerprint density at radius 1 is 1.26 bits per heavy atom. The zero-order chi connectivity index (χ0) is 20.0. The molecule has 8 heteroatoms. The Hall–Kier alpha value is -2.77. The third kappa shape index (κ3) is 5.87. The van der Waals surface area contributed by atoms with E-state index in [1.165, 1.54) is 24.3 Å². The molecule has 0 spiro atoms. The fraction of sp³-hybridized carbons (Fsp3) is 0.474. The second kappa shape index (κ2) is 9.25. The Balaban J connectivity index is 2.10. The maximum atomic E-state index is 13.0. The highest BCUT2D eigenvalue weighted by Gasteiger charge is 2.28. The number of hydrogen-bond donors (Lipinski definition) is 1. The van der Waals surface area contributed by atoms with Crippen molar-refractivity contribution in [3.05, 3.63) is 35.6 Å². The first-order valence-electron chi connectivity index (χ1n) is 8.81. The van der Waals surface area contributed by atoms with Crippen LogP contribution in [-0.2, 0) is 25.7 Å². The quantitative estimate of drug-likeness (QED) is 0.736. The number of amides is 2. The third-order valence-corrected chi connectivity index (χ3v) is 4.11. The highest BCUT2D eigenvalue weighted by Crippen LogP contribution is 2.15. The number of hydrogen-bond acceptors (Lipinski definition) is 5. The van der Waals surface area contributed by atoms with Crippen LogP contribution in [0.3, 0.4) is 0 Å². The lowest BCUT2D eigenvalue weighted by Crippen LogP contribution is -2.47. The van der Waals surface area contributed by atoms with Crippen LogP contribution in [-0.4, -0.2) is 41.7 Å². The lowest BCUT2D eigenvalue weighted by atomic mass is 10.0. The van der Waals surface area contributed by atoms with Crippen molar-refractivity contribution in [1.82, 2.24) is 10.3 Å². The second-order valence-corrected chi connectivity index (χ2v) is 6.80. The molecule has 2 rings (SSSR count). The van der Waals surface area contributed by atoms with Gasteiger partial charge in [0.15, 0.2) is 0 Å². The highest BCUT2D eigenvalue weighted by atomic mass is 19.1. The zero-order valence-corrected chi connectivity index (χ0v) is 15.7. The summed E-state index contributed by atoms with van der Waals surface area (Å²) < 4.78 is 17.8. The van der Waals surface area contributed by atoms with Gasteiger partial charge in [0.1, 0.15) is 17.6 Å². The van der Waals surface area contributed by atoms with E-state index in [-0.39, 0.29) is 42.7 Å². The Morgan fingerprint density at radius 2 is 1.93 bits per heavy atom. The Labute approximate surface area is 157 Å². The van der Waals surface area contributed by atoms with E-state index in [2.05, 4.69) is 10.4 Å². The van der Waals surface area contributed by atoms with Crippen molar-refractivity contribution in [3.8, 4) is 0 Å². The molecular weight excluding hydrogens is 353 g/mol. The van der Waals surface area contributed by atoms with Gasteiger partial charge in [-0.15, -0.1) is 0 Å². The van der Waals surface area contributed by atoms with Gasteiger partial charge in [-0.3, -0.25) is 9.59 Å². The van der Waals surface area contributed by atoms with Gasteiger partial charge in [0.25, 0.3) is 5.91 Å². The number of nitrogens with zero attached hydrogens (tertiary/aromatic N) is 2. The van der Waals surface area contributed by atoms with E-state index >= 15 is 0 Å². The summed E-state index contributed by atoms with van der Waals surface area (Å²) in [4.78, 5) is 36.5. The molecule has 0 aromatic heterocycles. The normalized spacial score (nSPS) is 15.4. The average Bonchev–Trinajstić information content (AvgIpc) is 2.63. The molecule has 0 radical (unpaired) electrons. The summed E-state index contributed by atoms with van der Waals surface area (Å²) in [7, 11) is 1.27. The third-order valence-electron chi connectivity index (χ3n) is 4.11. The van der Waals surface area contributed by atoms with Crippen molar-refractivity contribution in [2.45, 2.75) is 45.7 Å². The number of nitrogens with one attached hydrogen (secondary N) is 1. The van der Waals surface area contributed by atoms with Crippen molar-refractivity contribution in [2.75, 3.05) is 7.11 Å². The lowest BCUT2D eigenvalue weighted by Gasteiger charge is -2.24.